The predicted octanol–water partition coefficient (Wildman–Crippen LogP) is 4.19. The van der Waals surface area contributed by atoms with E-state index in [1.54, 1.807) is 17.5 Å². The maximum absolute atomic E-state index is 12.3. The molecule has 0 bridgehead atoms. The van der Waals surface area contributed by atoms with E-state index in [2.05, 4.69) is 28.4 Å². The first-order valence-corrected chi connectivity index (χ1v) is 9.82. The summed E-state index contributed by atoms with van der Waals surface area (Å²) in [7, 11) is 0. The van der Waals surface area contributed by atoms with E-state index in [-0.39, 0.29) is 5.91 Å². The number of hydrogen-bond donors (Lipinski definition) is 1. The Kier molecular flexibility index (Phi) is 4.28. The molecule has 1 amide bonds. The molecule has 24 heavy (non-hydrogen) atoms. The molecule has 0 saturated heterocycles. The molecule has 0 radical (unpaired) electrons. The molecule has 1 aliphatic carbocycles. The molecule has 1 aliphatic rings. The highest BCUT2D eigenvalue weighted by Gasteiger charge is 2.30. The van der Waals surface area contributed by atoms with E-state index in [0.717, 1.165) is 20.4 Å². The number of carbonyl (C=O) groups excluding carboxylic acids is 1. The maximum atomic E-state index is 12.3. The Morgan fingerprint density at radius 3 is 3.04 bits per heavy atom. The number of para-hydroxylation sites is 1. The van der Waals surface area contributed by atoms with Gasteiger partial charge in [-0.25, -0.2) is 9.67 Å². The summed E-state index contributed by atoms with van der Waals surface area (Å²) >= 11 is 3.10. The summed E-state index contributed by atoms with van der Waals surface area (Å²) in [5, 5.41) is 7.34. The zero-order valence-corrected chi connectivity index (χ0v) is 14.9. The van der Waals surface area contributed by atoms with E-state index < -0.39 is 0 Å². The molecule has 0 aliphatic heterocycles. The van der Waals surface area contributed by atoms with Gasteiger partial charge in [-0.3, -0.25) is 4.79 Å². The Bertz CT molecular complexity index is 835. The van der Waals surface area contributed by atoms with Crippen molar-refractivity contribution in [2.24, 2.45) is 5.92 Å². The predicted molar refractivity (Wildman–Crippen MR) is 98.6 cm³/mol. The quantitative estimate of drug-likeness (QED) is 0.671. The van der Waals surface area contributed by atoms with E-state index in [0.29, 0.717) is 17.7 Å². The summed E-state index contributed by atoms with van der Waals surface area (Å²) in [5.74, 6) is 1.80. The lowest BCUT2D eigenvalue weighted by Gasteiger charge is -2.15. The number of thioether (sulfide) groups is 1. The highest BCUT2D eigenvalue weighted by molar-refractivity contribution is 8.01. The summed E-state index contributed by atoms with van der Waals surface area (Å²) < 4.78 is 4.00. The number of anilines is 1. The van der Waals surface area contributed by atoms with Crippen LogP contribution in [0, 0.1) is 5.92 Å². The first kappa shape index (κ1) is 15.7. The molecular weight excluding hydrogens is 340 g/mol. The topological polar surface area (TPSA) is 59.8 Å². The molecule has 1 atom stereocenters. The van der Waals surface area contributed by atoms with Crippen LogP contribution in [0.25, 0.3) is 10.2 Å². The summed E-state index contributed by atoms with van der Waals surface area (Å²) in [6.45, 7) is 2.16. The third-order valence-electron chi connectivity index (χ3n) is 4.23. The Morgan fingerprint density at radius 2 is 2.25 bits per heavy atom. The van der Waals surface area contributed by atoms with Gasteiger partial charge in [-0.2, -0.15) is 5.10 Å². The lowest BCUT2D eigenvalue weighted by molar-refractivity contribution is -0.113. The number of amides is 1. The Labute approximate surface area is 148 Å². The number of carbonyl (C=O) groups is 1. The summed E-state index contributed by atoms with van der Waals surface area (Å²) in [4.78, 5) is 16.8. The number of nitrogens with zero attached hydrogens (tertiary/aromatic N) is 3. The SMILES string of the molecule is CC(C1CC1)n1nccc1NC(=O)CSc1nc2ccccc2s1. The van der Waals surface area contributed by atoms with Crippen molar-refractivity contribution in [3.05, 3.63) is 36.5 Å². The van der Waals surface area contributed by atoms with Gasteiger partial charge in [-0.1, -0.05) is 23.9 Å². The fourth-order valence-electron chi connectivity index (χ4n) is 2.74. The van der Waals surface area contributed by atoms with E-state index in [9.17, 15) is 4.79 Å². The number of nitrogens with one attached hydrogen (secondary N) is 1. The van der Waals surface area contributed by atoms with Crippen molar-refractivity contribution in [3.8, 4) is 0 Å². The zero-order chi connectivity index (χ0) is 16.5. The molecule has 1 N–H and O–H groups in total. The maximum Gasteiger partial charge on any atom is 0.235 e. The van der Waals surface area contributed by atoms with Gasteiger partial charge in [-0.15, -0.1) is 11.3 Å². The highest BCUT2D eigenvalue weighted by atomic mass is 32.2. The highest BCUT2D eigenvalue weighted by Crippen LogP contribution is 2.40. The number of thiazole rings is 1. The molecule has 2 heterocycles. The molecule has 5 nitrogen and oxygen atoms in total. The monoisotopic (exact) mass is 358 g/mol. The van der Waals surface area contributed by atoms with Crippen LogP contribution in [-0.4, -0.2) is 26.4 Å². The fraction of sp³-hybridized carbons (Fsp3) is 0.353. The molecule has 7 heteroatoms. The van der Waals surface area contributed by atoms with Crippen molar-refractivity contribution in [2.45, 2.75) is 30.1 Å². The van der Waals surface area contributed by atoms with Crippen molar-refractivity contribution in [3.63, 3.8) is 0 Å². The van der Waals surface area contributed by atoms with Crippen LogP contribution < -0.4 is 5.32 Å². The van der Waals surface area contributed by atoms with Crippen molar-refractivity contribution < 1.29 is 4.79 Å². The Morgan fingerprint density at radius 1 is 1.42 bits per heavy atom. The minimum atomic E-state index is -0.0241. The molecule has 3 aromatic rings. The van der Waals surface area contributed by atoms with E-state index in [4.69, 9.17) is 0 Å². The summed E-state index contributed by atoms with van der Waals surface area (Å²) in [6.07, 6.45) is 4.25. The first-order chi connectivity index (χ1) is 11.7. The average molecular weight is 358 g/mol. The van der Waals surface area contributed by atoms with E-state index in [1.807, 2.05) is 28.9 Å². The number of rotatable bonds is 6. The lowest BCUT2D eigenvalue weighted by Crippen LogP contribution is -2.19. The number of benzene rings is 1. The van der Waals surface area contributed by atoms with Gasteiger partial charge in [0.25, 0.3) is 0 Å². The molecule has 0 spiro atoms. The van der Waals surface area contributed by atoms with Crippen LogP contribution in [0.1, 0.15) is 25.8 Å². The smallest absolute Gasteiger partial charge is 0.235 e. The summed E-state index contributed by atoms with van der Waals surface area (Å²) in [5.41, 5.74) is 0.988. The van der Waals surface area contributed by atoms with Gasteiger partial charge >= 0.3 is 0 Å². The molecule has 1 fully saturated rings. The minimum Gasteiger partial charge on any atom is -0.310 e. The number of fused-ring (bicyclic) bond motifs is 1. The number of hydrogen-bond acceptors (Lipinski definition) is 5. The van der Waals surface area contributed by atoms with Gasteiger partial charge in [0.1, 0.15) is 5.82 Å². The zero-order valence-electron chi connectivity index (χ0n) is 13.3. The fourth-order valence-corrected chi connectivity index (χ4v) is 4.60. The molecule has 124 valence electrons. The van der Waals surface area contributed by atoms with E-state index in [1.165, 1.54) is 24.6 Å². The van der Waals surface area contributed by atoms with Crippen LogP contribution in [0.5, 0.6) is 0 Å². The molecule has 2 aromatic heterocycles. The van der Waals surface area contributed by atoms with Crippen LogP contribution in [0.3, 0.4) is 0 Å². The van der Waals surface area contributed by atoms with Gasteiger partial charge in [0.05, 0.1) is 28.2 Å². The minimum absolute atomic E-state index is 0.0241. The first-order valence-electron chi connectivity index (χ1n) is 8.02. The van der Waals surface area contributed by atoms with Crippen molar-refractivity contribution >= 4 is 45.0 Å². The normalized spacial score (nSPS) is 15.5. The van der Waals surface area contributed by atoms with Gasteiger partial charge < -0.3 is 5.32 Å². The van der Waals surface area contributed by atoms with Crippen LogP contribution in [0.2, 0.25) is 0 Å². The molecule has 1 unspecified atom stereocenters. The largest absolute Gasteiger partial charge is 0.310 e. The second kappa shape index (κ2) is 6.57. The van der Waals surface area contributed by atoms with Crippen molar-refractivity contribution in [2.75, 3.05) is 11.1 Å². The van der Waals surface area contributed by atoms with Crippen LogP contribution >= 0.6 is 23.1 Å². The molecule has 4 rings (SSSR count). The number of aromatic nitrogens is 3. The molecule has 1 saturated carbocycles. The second-order valence-electron chi connectivity index (χ2n) is 6.02. The third kappa shape index (κ3) is 3.32. The van der Waals surface area contributed by atoms with Crippen molar-refractivity contribution in [1.29, 1.82) is 0 Å². The second-order valence-corrected chi connectivity index (χ2v) is 8.28. The van der Waals surface area contributed by atoms with Crippen molar-refractivity contribution in [1.82, 2.24) is 14.8 Å². The standard InChI is InChI=1S/C17H18N4OS2/c1-11(12-6-7-12)21-15(8-9-18-21)20-16(22)10-23-17-19-13-4-2-3-5-14(13)24-17/h2-5,8-9,11-12H,6-7,10H2,1H3,(H,20,22). The average Bonchev–Trinajstić information content (AvgIpc) is 3.19. The van der Waals surface area contributed by atoms with Gasteiger partial charge in [0, 0.05) is 6.07 Å². The van der Waals surface area contributed by atoms with Crippen LogP contribution in [-0.2, 0) is 4.79 Å². The van der Waals surface area contributed by atoms with E-state index >= 15 is 0 Å². The lowest BCUT2D eigenvalue weighted by atomic mass is 10.2. The summed E-state index contributed by atoms with van der Waals surface area (Å²) in [6, 6.07) is 10.2. The van der Waals surface area contributed by atoms with Gasteiger partial charge in [-0.05, 0) is 37.8 Å². The van der Waals surface area contributed by atoms with Crippen LogP contribution in [0.4, 0.5) is 5.82 Å². The van der Waals surface area contributed by atoms with Crippen LogP contribution in [0.15, 0.2) is 40.9 Å². The van der Waals surface area contributed by atoms with Gasteiger partial charge in [0.2, 0.25) is 5.91 Å². The third-order valence-corrected chi connectivity index (χ3v) is 6.41. The molecular formula is C17H18N4OS2. The Balaban J connectivity index is 1.37. The van der Waals surface area contributed by atoms with Gasteiger partial charge in [0.15, 0.2) is 4.34 Å². The Hall–Kier alpha value is -1.86. The molecule has 1 aromatic carbocycles.